The Morgan fingerprint density at radius 1 is 1.00 bits per heavy atom. The number of nitrogens with one attached hydrogen (secondary N) is 2. The van der Waals surface area contributed by atoms with Gasteiger partial charge in [-0.3, -0.25) is 9.78 Å². The zero-order valence-electron chi connectivity index (χ0n) is 17.2. The van der Waals surface area contributed by atoms with E-state index in [-0.39, 0.29) is 17.9 Å². The summed E-state index contributed by atoms with van der Waals surface area (Å²) in [4.78, 5) is 17.0. The standard InChI is InChI=1S/C23H25N3O4S/c1-2-30-20-10-12-21(13-11-20)31(28,29)26-22(15-18-7-4-3-5-8-18)23(27)25-17-19-9-6-14-24-16-19/h3-14,16,22,26H,2,15,17H2,1H3,(H,25,27)/t22-/m0/s1. The molecule has 1 amide bonds. The molecule has 1 heterocycles. The number of hydrogen-bond donors (Lipinski definition) is 2. The van der Waals surface area contributed by atoms with Crippen molar-refractivity contribution < 1.29 is 17.9 Å². The summed E-state index contributed by atoms with van der Waals surface area (Å²) >= 11 is 0. The second-order valence-corrected chi connectivity index (χ2v) is 8.56. The molecule has 0 radical (unpaired) electrons. The molecule has 162 valence electrons. The van der Waals surface area contributed by atoms with E-state index in [1.165, 1.54) is 12.1 Å². The smallest absolute Gasteiger partial charge is 0.241 e. The third kappa shape index (κ3) is 6.63. The van der Waals surface area contributed by atoms with Crippen molar-refractivity contribution in [2.75, 3.05) is 6.61 Å². The van der Waals surface area contributed by atoms with Crippen LogP contribution in [0.1, 0.15) is 18.1 Å². The molecule has 1 atom stereocenters. The molecule has 0 aliphatic rings. The lowest BCUT2D eigenvalue weighted by Gasteiger charge is -2.19. The minimum atomic E-state index is -3.92. The monoisotopic (exact) mass is 439 g/mol. The lowest BCUT2D eigenvalue weighted by molar-refractivity contribution is -0.122. The highest BCUT2D eigenvalue weighted by molar-refractivity contribution is 7.89. The summed E-state index contributed by atoms with van der Waals surface area (Å²) in [7, 11) is -3.92. The van der Waals surface area contributed by atoms with Crippen molar-refractivity contribution in [2.24, 2.45) is 0 Å². The number of sulfonamides is 1. The Hall–Kier alpha value is -3.23. The van der Waals surface area contributed by atoms with Gasteiger partial charge in [-0.25, -0.2) is 8.42 Å². The largest absolute Gasteiger partial charge is 0.494 e. The fourth-order valence-corrected chi connectivity index (χ4v) is 4.19. The van der Waals surface area contributed by atoms with Gasteiger partial charge in [-0.05, 0) is 54.8 Å². The Labute approximate surface area is 182 Å². The van der Waals surface area contributed by atoms with Crippen LogP contribution in [0, 0.1) is 0 Å². The molecule has 3 rings (SSSR count). The van der Waals surface area contributed by atoms with Gasteiger partial charge in [0.2, 0.25) is 15.9 Å². The van der Waals surface area contributed by atoms with E-state index >= 15 is 0 Å². The summed E-state index contributed by atoms with van der Waals surface area (Å²) in [6.07, 6.45) is 3.51. The third-order valence-electron chi connectivity index (χ3n) is 4.53. The van der Waals surface area contributed by atoms with E-state index in [2.05, 4.69) is 15.0 Å². The van der Waals surface area contributed by atoms with Crippen molar-refractivity contribution >= 4 is 15.9 Å². The van der Waals surface area contributed by atoms with Crippen LogP contribution in [0.4, 0.5) is 0 Å². The van der Waals surface area contributed by atoms with Crippen LogP contribution in [0.15, 0.2) is 84.0 Å². The molecule has 0 fully saturated rings. The maximum atomic E-state index is 12.9. The number of nitrogens with zero attached hydrogens (tertiary/aromatic N) is 1. The number of pyridine rings is 1. The molecule has 7 nitrogen and oxygen atoms in total. The lowest BCUT2D eigenvalue weighted by atomic mass is 10.1. The number of hydrogen-bond acceptors (Lipinski definition) is 5. The summed E-state index contributed by atoms with van der Waals surface area (Å²) < 4.78 is 33.8. The van der Waals surface area contributed by atoms with Crippen molar-refractivity contribution in [3.05, 3.63) is 90.3 Å². The Morgan fingerprint density at radius 3 is 2.35 bits per heavy atom. The summed E-state index contributed by atoms with van der Waals surface area (Å²) in [6, 6.07) is 18.0. The predicted octanol–water partition coefficient (Wildman–Crippen LogP) is 2.69. The zero-order chi connectivity index (χ0) is 22.1. The van der Waals surface area contributed by atoms with E-state index in [0.717, 1.165) is 11.1 Å². The van der Waals surface area contributed by atoms with E-state index in [4.69, 9.17) is 4.74 Å². The first-order valence-corrected chi connectivity index (χ1v) is 11.4. The number of carbonyl (C=O) groups is 1. The minimum absolute atomic E-state index is 0.0640. The van der Waals surface area contributed by atoms with Crippen LogP contribution in [0.25, 0.3) is 0 Å². The van der Waals surface area contributed by atoms with Gasteiger partial charge in [0.15, 0.2) is 0 Å². The van der Waals surface area contributed by atoms with Crippen molar-refractivity contribution in [3.63, 3.8) is 0 Å². The van der Waals surface area contributed by atoms with Gasteiger partial charge in [0, 0.05) is 18.9 Å². The predicted molar refractivity (Wildman–Crippen MR) is 118 cm³/mol. The first-order chi connectivity index (χ1) is 15.0. The molecule has 3 aromatic rings. The number of carbonyl (C=O) groups excluding carboxylic acids is 1. The highest BCUT2D eigenvalue weighted by Gasteiger charge is 2.26. The van der Waals surface area contributed by atoms with Crippen molar-refractivity contribution in [2.45, 2.75) is 30.8 Å². The third-order valence-corrected chi connectivity index (χ3v) is 6.02. The van der Waals surface area contributed by atoms with Crippen LogP contribution in [-0.4, -0.2) is 32.0 Å². The number of benzene rings is 2. The van der Waals surface area contributed by atoms with Crippen molar-refractivity contribution in [1.29, 1.82) is 0 Å². The molecule has 8 heteroatoms. The molecule has 1 aromatic heterocycles. The Kier molecular flexibility index (Phi) is 7.75. The average molecular weight is 440 g/mol. The molecule has 2 aromatic carbocycles. The first-order valence-electron chi connectivity index (χ1n) is 9.93. The summed E-state index contributed by atoms with van der Waals surface area (Å²) in [5.41, 5.74) is 1.67. The van der Waals surface area contributed by atoms with Crippen molar-refractivity contribution in [3.8, 4) is 5.75 Å². The van der Waals surface area contributed by atoms with Crippen LogP contribution >= 0.6 is 0 Å². The topological polar surface area (TPSA) is 97.4 Å². The normalized spacial score (nSPS) is 12.2. The van der Waals surface area contributed by atoms with Crippen LogP contribution in [0.3, 0.4) is 0 Å². The molecule has 0 saturated heterocycles. The van der Waals surface area contributed by atoms with Crippen LogP contribution in [-0.2, 0) is 27.8 Å². The number of aromatic nitrogens is 1. The van der Waals surface area contributed by atoms with Crippen molar-refractivity contribution in [1.82, 2.24) is 15.0 Å². The van der Waals surface area contributed by atoms with Crippen LogP contribution in [0.5, 0.6) is 5.75 Å². The first kappa shape index (κ1) is 22.5. The Bertz CT molecular complexity index is 1070. The quantitative estimate of drug-likeness (QED) is 0.506. The van der Waals surface area contributed by atoms with E-state index in [0.29, 0.717) is 12.4 Å². The summed E-state index contributed by atoms with van der Waals surface area (Å²) in [6.45, 7) is 2.59. The summed E-state index contributed by atoms with van der Waals surface area (Å²) in [5.74, 6) is 0.165. The minimum Gasteiger partial charge on any atom is -0.494 e. The van der Waals surface area contributed by atoms with Gasteiger partial charge in [-0.1, -0.05) is 36.4 Å². The number of amides is 1. The van der Waals surface area contributed by atoms with Crippen LogP contribution < -0.4 is 14.8 Å². The molecule has 0 unspecified atom stereocenters. The second kappa shape index (κ2) is 10.7. The molecule has 2 N–H and O–H groups in total. The second-order valence-electron chi connectivity index (χ2n) is 6.85. The zero-order valence-corrected chi connectivity index (χ0v) is 18.0. The molecule has 0 aliphatic carbocycles. The molecular weight excluding hydrogens is 414 g/mol. The fourth-order valence-electron chi connectivity index (χ4n) is 2.99. The van der Waals surface area contributed by atoms with Gasteiger partial charge in [0.25, 0.3) is 0 Å². The highest BCUT2D eigenvalue weighted by Crippen LogP contribution is 2.17. The summed E-state index contributed by atoms with van der Waals surface area (Å²) in [5, 5.41) is 2.79. The van der Waals surface area contributed by atoms with E-state index in [1.807, 2.05) is 43.3 Å². The van der Waals surface area contributed by atoms with E-state index in [9.17, 15) is 13.2 Å². The number of rotatable bonds is 10. The molecule has 0 saturated carbocycles. The van der Waals surface area contributed by atoms with E-state index < -0.39 is 22.0 Å². The molecule has 0 aliphatic heterocycles. The van der Waals surface area contributed by atoms with Gasteiger partial charge in [-0.2, -0.15) is 4.72 Å². The highest BCUT2D eigenvalue weighted by atomic mass is 32.2. The SMILES string of the molecule is CCOc1ccc(S(=O)(=O)N[C@@H](Cc2ccccc2)C(=O)NCc2cccnc2)cc1. The van der Waals surface area contributed by atoms with Crippen LogP contribution in [0.2, 0.25) is 0 Å². The Morgan fingerprint density at radius 2 is 1.71 bits per heavy atom. The number of ether oxygens (including phenoxy) is 1. The molecule has 0 spiro atoms. The average Bonchev–Trinajstić information content (AvgIpc) is 2.79. The molecule has 31 heavy (non-hydrogen) atoms. The van der Waals surface area contributed by atoms with Gasteiger partial charge in [0.05, 0.1) is 11.5 Å². The fraction of sp³-hybridized carbons (Fsp3) is 0.217. The lowest BCUT2D eigenvalue weighted by Crippen LogP contribution is -2.47. The Balaban J connectivity index is 1.77. The van der Waals surface area contributed by atoms with E-state index in [1.54, 1.807) is 30.6 Å². The van der Waals surface area contributed by atoms with Gasteiger partial charge < -0.3 is 10.1 Å². The maximum absolute atomic E-state index is 12.9. The molecular formula is C23H25N3O4S. The maximum Gasteiger partial charge on any atom is 0.241 e. The van der Waals surface area contributed by atoms with Gasteiger partial charge in [0.1, 0.15) is 11.8 Å². The molecule has 0 bridgehead atoms. The van der Waals surface area contributed by atoms with Gasteiger partial charge in [-0.15, -0.1) is 0 Å². The van der Waals surface area contributed by atoms with Gasteiger partial charge >= 0.3 is 0 Å².